The molecule has 4 rings (SSSR count). The van der Waals surface area contributed by atoms with Gasteiger partial charge in [-0.25, -0.2) is 9.59 Å². The van der Waals surface area contributed by atoms with Gasteiger partial charge in [-0.2, -0.15) is 0 Å². The fraction of sp³-hybridized carbons (Fsp3) is 0.600. The van der Waals surface area contributed by atoms with Crippen LogP contribution in [0.5, 0.6) is 11.5 Å². The second-order valence-electron chi connectivity index (χ2n) is 18.4. The number of rotatable bonds is 12. The number of benzene rings is 2. The van der Waals surface area contributed by atoms with Crippen molar-refractivity contribution in [2.45, 2.75) is 156 Å². The van der Waals surface area contributed by atoms with Crippen molar-refractivity contribution in [3.8, 4) is 23.3 Å². The van der Waals surface area contributed by atoms with Gasteiger partial charge in [0.15, 0.2) is 14.1 Å². The number of nitrogens with zero attached hydrogens (tertiary/aromatic N) is 1. The summed E-state index contributed by atoms with van der Waals surface area (Å²) in [5.41, 5.74) is 1.22. The molecule has 314 valence electrons. The molecule has 0 spiro atoms. The molecule has 5 atom stereocenters. The third kappa shape index (κ3) is 12.3. The highest BCUT2D eigenvalue weighted by atomic mass is 28.4. The molecular formula is C45H65NO10Si. The fourth-order valence-corrected chi connectivity index (χ4v) is 7.59. The Bertz CT molecular complexity index is 1830. The predicted octanol–water partition coefficient (Wildman–Crippen LogP) is 9.80. The van der Waals surface area contributed by atoms with E-state index in [0.29, 0.717) is 17.9 Å². The van der Waals surface area contributed by atoms with Crippen LogP contribution in [-0.2, 0) is 34.7 Å². The molecule has 2 aromatic rings. The SMILES string of the molecule is COc1ccc(CO[C@H](/C=C\[C@@H](C)[C@H](C)O[Si](C)(C)C(C)(C)C)[C@H]2OC(C)(C)O[C@H]2CC#Cc2cc(N(C)C(=O)OC(C)(C)C)cc3c2C(=O)OC(C)(C)O3)cc1. The van der Waals surface area contributed by atoms with E-state index >= 15 is 0 Å². The van der Waals surface area contributed by atoms with E-state index in [1.165, 1.54) is 4.90 Å². The Morgan fingerprint density at radius 2 is 1.61 bits per heavy atom. The highest BCUT2D eigenvalue weighted by molar-refractivity contribution is 6.74. The summed E-state index contributed by atoms with van der Waals surface area (Å²) in [6.45, 7) is 28.3. The number of anilines is 1. The van der Waals surface area contributed by atoms with Gasteiger partial charge in [0.1, 0.15) is 41.0 Å². The van der Waals surface area contributed by atoms with E-state index in [9.17, 15) is 9.59 Å². The summed E-state index contributed by atoms with van der Waals surface area (Å²) in [5, 5.41) is 0.0854. The molecule has 2 heterocycles. The van der Waals surface area contributed by atoms with Crippen molar-refractivity contribution in [2.75, 3.05) is 19.1 Å². The largest absolute Gasteiger partial charge is 0.497 e. The molecule has 2 aromatic carbocycles. The number of fused-ring (bicyclic) bond motifs is 1. The van der Waals surface area contributed by atoms with Gasteiger partial charge >= 0.3 is 12.1 Å². The maximum absolute atomic E-state index is 13.3. The summed E-state index contributed by atoms with van der Waals surface area (Å²) in [6, 6.07) is 11.0. The quantitative estimate of drug-likeness (QED) is 0.0890. The van der Waals surface area contributed by atoms with Crippen LogP contribution in [0.3, 0.4) is 0 Å². The molecule has 57 heavy (non-hydrogen) atoms. The molecule has 0 radical (unpaired) electrons. The summed E-state index contributed by atoms with van der Waals surface area (Å²) < 4.78 is 49.0. The van der Waals surface area contributed by atoms with Gasteiger partial charge < -0.3 is 37.6 Å². The van der Waals surface area contributed by atoms with E-state index in [2.05, 4.69) is 71.7 Å². The van der Waals surface area contributed by atoms with Gasteiger partial charge in [0, 0.05) is 45.0 Å². The van der Waals surface area contributed by atoms with Gasteiger partial charge in [-0.05, 0) is 89.4 Å². The summed E-state index contributed by atoms with van der Waals surface area (Å²) in [7, 11) is 1.24. The first kappa shape index (κ1) is 45.8. The topological polar surface area (TPSA) is 111 Å². The van der Waals surface area contributed by atoms with Crippen LogP contribution in [0.2, 0.25) is 18.1 Å². The Hall–Kier alpha value is -3.86. The number of ether oxygens (including phenoxy) is 7. The third-order valence-corrected chi connectivity index (χ3v) is 14.9. The van der Waals surface area contributed by atoms with Crippen molar-refractivity contribution in [3.63, 3.8) is 0 Å². The molecule has 1 saturated heterocycles. The molecule has 0 bridgehead atoms. The summed E-state index contributed by atoms with van der Waals surface area (Å²) >= 11 is 0. The minimum absolute atomic E-state index is 0.0134. The Morgan fingerprint density at radius 1 is 0.965 bits per heavy atom. The summed E-state index contributed by atoms with van der Waals surface area (Å²) in [5.74, 6) is 4.80. The number of hydrogen-bond donors (Lipinski definition) is 0. The molecular weight excluding hydrogens is 743 g/mol. The number of methoxy groups -OCH3 is 1. The third-order valence-electron chi connectivity index (χ3n) is 10.3. The second-order valence-corrected chi connectivity index (χ2v) is 23.1. The van der Waals surface area contributed by atoms with Gasteiger partial charge in [0.25, 0.3) is 0 Å². The van der Waals surface area contributed by atoms with Crippen molar-refractivity contribution in [3.05, 3.63) is 65.2 Å². The summed E-state index contributed by atoms with van der Waals surface area (Å²) in [4.78, 5) is 27.8. The van der Waals surface area contributed by atoms with Crippen LogP contribution < -0.4 is 14.4 Å². The molecule has 2 aliphatic heterocycles. The Kier molecular flexibility index (Phi) is 14.1. The lowest BCUT2D eigenvalue weighted by molar-refractivity contribution is -0.156. The first-order chi connectivity index (χ1) is 26.2. The molecule has 1 fully saturated rings. The maximum Gasteiger partial charge on any atom is 0.414 e. The van der Waals surface area contributed by atoms with Crippen molar-refractivity contribution >= 4 is 26.1 Å². The lowest BCUT2D eigenvalue weighted by Gasteiger charge is -2.39. The first-order valence-electron chi connectivity index (χ1n) is 19.7. The van der Waals surface area contributed by atoms with Gasteiger partial charge in [-0.15, -0.1) is 0 Å². The molecule has 0 saturated carbocycles. The van der Waals surface area contributed by atoms with Crippen molar-refractivity contribution in [2.24, 2.45) is 5.92 Å². The second kappa shape index (κ2) is 17.6. The zero-order chi connectivity index (χ0) is 42.7. The normalized spacial score (nSPS) is 20.7. The fourth-order valence-electron chi connectivity index (χ4n) is 6.09. The van der Waals surface area contributed by atoms with Crippen molar-refractivity contribution in [1.82, 2.24) is 0 Å². The van der Waals surface area contributed by atoms with Crippen LogP contribution in [0, 0.1) is 17.8 Å². The predicted molar refractivity (Wildman–Crippen MR) is 224 cm³/mol. The molecule has 0 aromatic heterocycles. The molecule has 1 amide bonds. The van der Waals surface area contributed by atoms with Gasteiger partial charge in [-0.1, -0.05) is 63.8 Å². The van der Waals surface area contributed by atoms with E-state index in [1.807, 2.05) is 38.1 Å². The lowest BCUT2D eigenvalue weighted by Crippen LogP contribution is -2.44. The van der Waals surface area contributed by atoms with Crippen molar-refractivity contribution in [1.29, 1.82) is 0 Å². The van der Waals surface area contributed by atoms with Gasteiger partial charge in [0.05, 0.1) is 19.4 Å². The van der Waals surface area contributed by atoms with E-state index in [-0.39, 0.29) is 34.8 Å². The smallest absolute Gasteiger partial charge is 0.414 e. The van der Waals surface area contributed by atoms with Crippen LogP contribution in [0.25, 0.3) is 0 Å². The van der Waals surface area contributed by atoms with Crippen molar-refractivity contribution < 1.29 is 47.2 Å². The monoisotopic (exact) mass is 807 g/mol. The number of esters is 1. The van der Waals surface area contributed by atoms with E-state index in [4.69, 9.17) is 37.6 Å². The highest BCUT2D eigenvalue weighted by Gasteiger charge is 2.45. The van der Waals surface area contributed by atoms with E-state index in [0.717, 1.165) is 11.3 Å². The van der Waals surface area contributed by atoms with Crippen LogP contribution in [0.15, 0.2) is 48.6 Å². The number of carbonyl (C=O) groups is 2. The lowest BCUT2D eigenvalue weighted by atomic mass is 10.00. The van der Waals surface area contributed by atoms with E-state index in [1.54, 1.807) is 60.9 Å². The molecule has 0 unspecified atom stereocenters. The number of amides is 1. The maximum atomic E-state index is 13.3. The molecule has 11 nitrogen and oxygen atoms in total. The highest BCUT2D eigenvalue weighted by Crippen LogP contribution is 2.40. The first-order valence-corrected chi connectivity index (χ1v) is 22.6. The number of cyclic esters (lactones) is 1. The molecule has 2 aliphatic rings. The number of hydrogen-bond acceptors (Lipinski definition) is 10. The standard InChI is InChI=1S/C45H65NO10Si/c1-29(30(2)56-57(15,16)43(6,7)8)20-25-35(50-28-31-21-23-34(49-14)24-22-31)39-36(51-44(9,10)53-39)19-17-18-32-26-33(46(13)41(48)55-42(3,4)5)27-37-38(32)40(47)54-45(11,12)52-37/h20-27,29-30,35-36,39H,19,28H2,1-16H3/b25-20-/t29-,30+,35-,36+,39-/m1/s1. The minimum Gasteiger partial charge on any atom is -0.497 e. The number of carbonyl (C=O) groups excluding carboxylic acids is 2. The van der Waals surface area contributed by atoms with E-state index < -0.39 is 55.9 Å². The minimum atomic E-state index is -2.00. The average Bonchev–Trinajstić information content (AvgIpc) is 3.39. The zero-order valence-corrected chi connectivity index (χ0v) is 37.9. The van der Waals surface area contributed by atoms with Gasteiger partial charge in [0.2, 0.25) is 5.79 Å². The molecule has 0 N–H and O–H groups in total. The average molecular weight is 808 g/mol. The van der Waals surface area contributed by atoms with Gasteiger partial charge in [-0.3, -0.25) is 4.90 Å². The zero-order valence-electron chi connectivity index (χ0n) is 36.9. The Morgan fingerprint density at radius 3 is 2.21 bits per heavy atom. The Labute approximate surface area is 341 Å². The van der Waals surface area contributed by atoms with Crippen LogP contribution >= 0.6 is 0 Å². The molecule has 0 aliphatic carbocycles. The van der Waals surface area contributed by atoms with Crippen LogP contribution in [-0.4, -0.2) is 76.1 Å². The van der Waals surface area contributed by atoms with Crippen LogP contribution in [0.1, 0.15) is 111 Å². The Balaban J connectivity index is 1.67. The van der Waals surface area contributed by atoms with Crippen LogP contribution in [0.4, 0.5) is 10.5 Å². The summed E-state index contributed by atoms with van der Waals surface area (Å²) in [6.07, 6.45) is 2.32. The molecule has 12 heteroatoms.